The minimum absolute atomic E-state index is 0.239. The molecule has 0 saturated carbocycles. The smallest absolute Gasteiger partial charge is 0.340 e. The van der Waals surface area contributed by atoms with Gasteiger partial charge in [0.25, 0.3) is 0 Å². The quantitative estimate of drug-likeness (QED) is 0.470. The van der Waals surface area contributed by atoms with Crippen LogP contribution in [0, 0.1) is 0 Å². The summed E-state index contributed by atoms with van der Waals surface area (Å²) in [7, 11) is -2.82. The van der Waals surface area contributed by atoms with Crippen LogP contribution in [0.4, 0.5) is 5.69 Å². The van der Waals surface area contributed by atoms with Crippen LogP contribution >= 0.6 is 0 Å². The van der Waals surface area contributed by atoms with E-state index in [1.54, 1.807) is 37.3 Å². The fourth-order valence-electron chi connectivity index (χ4n) is 1.58. The number of ether oxygens (including phenoxy) is 1. The average molecular weight is 283 g/mol. The van der Waals surface area contributed by atoms with E-state index in [1.807, 2.05) is 0 Å². The van der Waals surface area contributed by atoms with Crippen LogP contribution in [0.15, 0.2) is 36.9 Å². The first kappa shape index (κ1) is 15.2. The number of esters is 1. The minimum atomic E-state index is -2.82. The van der Waals surface area contributed by atoms with Crippen LogP contribution in [0.5, 0.6) is 0 Å². The highest BCUT2D eigenvalue weighted by molar-refractivity contribution is 7.74. The van der Waals surface area contributed by atoms with Crippen molar-refractivity contribution in [3.05, 3.63) is 42.5 Å². The van der Waals surface area contributed by atoms with Gasteiger partial charge in [0.05, 0.1) is 17.9 Å². The Morgan fingerprint density at radius 1 is 1.42 bits per heavy atom. The fraction of sp³-hybridized carbons (Fsp3) is 0.308. The molecule has 6 heteroatoms. The van der Waals surface area contributed by atoms with E-state index in [2.05, 4.69) is 6.58 Å². The first-order valence-corrected chi connectivity index (χ1v) is 7.03. The molecule has 5 nitrogen and oxygen atoms in total. The Bertz CT molecular complexity index is 517. The summed E-state index contributed by atoms with van der Waals surface area (Å²) in [5, 5.41) is 0. The Hall–Kier alpha value is -1.82. The third kappa shape index (κ3) is 4.10. The lowest BCUT2D eigenvalue weighted by molar-refractivity contribution is 0.0527. The molecular weight excluding hydrogens is 266 g/mol. The number of thiol groups is 1. The molecule has 1 rings (SSSR count). The van der Waals surface area contributed by atoms with Gasteiger partial charge >= 0.3 is 5.97 Å². The topological polar surface area (TPSA) is 63.7 Å². The van der Waals surface area contributed by atoms with Gasteiger partial charge in [0.2, 0.25) is 10.9 Å². The summed E-state index contributed by atoms with van der Waals surface area (Å²) in [6.07, 6.45) is 2.12. The minimum Gasteiger partial charge on any atom is -0.462 e. The van der Waals surface area contributed by atoms with Crippen LogP contribution in [-0.2, 0) is 15.6 Å². The molecule has 0 heterocycles. The molecule has 0 aliphatic rings. The van der Waals surface area contributed by atoms with Crippen molar-refractivity contribution in [1.29, 1.82) is 0 Å². The van der Waals surface area contributed by atoms with Crippen molar-refractivity contribution in [3.63, 3.8) is 0 Å². The van der Waals surface area contributed by atoms with E-state index in [9.17, 15) is 13.2 Å². The molecule has 1 aromatic carbocycles. The highest BCUT2D eigenvalue weighted by Gasteiger charge is 2.18. The largest absolute Gasteiger partial charge is 0.462 e. The molecule has 0 bridgehead atoms. The number of para-hydroxylation sites is 1. The molecule has 0 aliphatic heterocycles. The van der Waals surface area contributed by atoms with Gasteiger partial charge in [-0.1, -0.05) is 18.2 Å². The van der Waals surface area contributed by atoms with Crippen molar-refractivity contribution in [1.82, 2.24) is 0 Å². The number of carbonyl (C=O) groups excluding carboxylic acids is 1. The lowest BCUT2D eigenvalue weighted by atomic mass is 10.1. The number of hydrogen-bond acceptors (Lipinski definition) is 4. The number of carbonyl (C=O) groups is 1. The maximum atomic E-state index is 11.8. The van der Waals surface area contributed by atoms with Crippen molar-refractivity contribution in [2.45, 2.75) is 13.3 Å². The Kier molecular flexibility index (Phi) is 6.08. The average Bonchev–Trinajstić information content (AvgIpc) is 2.39. The fourth-order valence-corrected chi connectivity index (χ4v) is 2.21. The standard InChI is InChI=1S/C13H17NO4S/c1-3-5-10-14(19(16)17)12-9-7-6-8-11(12)13(15)18-4-2/h3,6-9,19H,1,4-5,10H2,2H3. The highest BCUT2D eigenvalue weighted by atomic mass is 32.2. The predicted molar refractivity (Wildman–Crippen MR) is 74.9 cm³/mol. The Morgan fingerprint density at radius 3 is 2.68 bits per heavy atom. The van der Waals surface area contributed by atoms with Crippen molar-refractivity contribution >= 4 is 22.5 Å². The number of benzene rings is 1. The third-order valence-corrected chi connectivity index (χ3v) is 3.23. The number of rotatable bonds is 7. The van der Waals surface area contributed by atoms with Gasteiger partial charge in [-0.3, -0.25) is 4.31 Å². The molecule has 104 valence electrons. The van der Waals surface area contributed by atoms with Gasteiger partial charge in [-0.05, 0) is 25.5 Å². The van der Waals surface area contributed by atoms with E-state index in [-0.39, 0.29) is 18.7 Å². The zero-order chi connectivity index (χ0) is 14.3. The summed E-state index contributed by atoms with van der Waals surface area (Å²) in [4.78, 5) is 11.8. The molecule has 0 aliphatic carbocycles. The van der Waals surface area contributed by atoms with Gasteiger partial charge in [0.15, 0.2) is 0 Å². The summed E-state index contributed by atoms with van der Waals surface area (Å²) in [5.74, 6) is -0.529. The van der Waals surface area contributed by atoms with E-state index < -0.39 is 16.9 Å². The van der Waals surface area contributed by atoms with Gasteiger partial charge in [0.1, 0.15) is 0 Å². The third-order valence-electron chi connectivity index (χ3n) is 2.42. The van der Waals surface area contributed by atoms with E-state index in [0.717, 1.165) is 4.31 Å². The predicted octanol–water partition coefficient (Wildman–Crippen LogP) is 1.77. The molecule has 0 atom stereocenters. The molecule has 0 spiro atoms. The van der Waals surface area contributed by atoms with Crippen molar-refractivity contribution in [2.75, 3.05) is 17.5 Å². The Morgan fingerprint density at radius 2 is 2.11 bits per heavy atom. The molecule has 0 radical (unpaired) electrons. The summed E-state index contributed by atoms with van der Waals surface area (Å²) in [6, 6.07) is 6.48. The summed E-state index contributed by atoms with van der Waals surface area (Å²) in [5.41, 5.74) is 0.575. The zero-order valence-electron chi connectivity index (χ0n) is 10.7. The van der Waals surface area contributed by atoms with Gasteiger partial charge < -0.3 is 4.74 Å². The van der Waals surface area contributed by atoms with Crippen LogP contribution in [0.2, 0.25) is 0 Å². The maximum Gasteiger partial charge on any atom is 0.340 e. The van der Waals surface area contributed by atoms with Crippen LogP contribution in [-0.4, -0.2) is 27.5 Å². The number of hydrogen-bond donors (Lipinski definition) is 1. The number of nitrogens with zero attached hydrogens (tertiary/aromatic N) is 1. The van der Waals surface area contributed by atoms with Gasteiger partial charge in [-0.25, -0.2) is 13.2 Å². The molecule has 0 fully saturated rings. The van der Waals surface area contributed by atoms with Gasteiger partial charge in [-0.2, -0.15) is 0 Å². The van der Waals surface area contributed by atoms with Crippen molar-refractivity contribution < 1.29 is 17.9 Å². The monoisotopic (exact) mass is 283 g/mol. The van der Waals surface area contributed by atoms with E-state index in [1.165, 1.54) is 0 Å². The zero-order valence-corrected chi connectivity index (χ0v) is 11.6. The molecule has 0 aromatic heterocycles. The van der Waals surface area contributed by atoms with E-state index in [0.29, 0.717) is 12.1 Å². The van der Waals surface area contributed by atoms with Crippen LogP contribution in [0.25, 0.3) is 0 Å². The second kappa shape index (κ2) is 7.58. The lowest BCUT2D eigenvalue weighted by Crippen LogP contribution is -2.24. The first-order chi connectivity index (χ1) is 9.11. The number of anilines is 1. The summed E-state index contributed by atoms with van der Waals surface area (Å²) < 4.78 is 28.7. The van der Waals surface area contributed by atoms with Gasteiger partial charge in [0, 0.05) is 6.54 Å². The van der Waals surface area contributed by atoms with E-state index in [4.69, 9.17) is 4.74 Å². The SMILES string of the molecule is C=CCCN(c1ccccc1C(=O)OCC)[SH](=O)=O. The second-order valence-electron chi connectivity index (χ2n) is 3.68. The Labute approximate surface area is 114 Å². The Balaban J connectivity index is 3.15. The molecule has 0 amide bonds. The van der Waals surface area contributed by atoms with E-state index >= 15 is 0 Å². The van der Waals surface area contributed by atoms with Crippen LogP contribution in [0.3, 0.4) is 0 Å². The molecule has 19 heavy (non-hydrogen) atoms. The second-order valence-corrected chi connectivity index (χ2v) is 4.63. The van der Waals surface area contributed by atoms with Crippen molar-refractivity contribution in [2.24, 2.45) is 0 Å². The molecular formula is C13H17NO4S. The lowest BCUT2D eigenvalue weighted by Gasteiger charge is -2.19. The first-order valence-electron chi connectivity index (χ1n) is 5.90. The molecule has 0 unspecified atom stereocenters. The van der Waals surface area contributed by atoms with Crippen LogP contribution < -0.4 is 4.31 Å². The molecule has 0 saturated heterocycles. The summed E-state index contributed by atoms with van der Waals surface area (Å²) in [6.45, 7) is 5.74. The highest BCUT2D eigenvalue weighted by Crippen LogP contribution is 2.21. The van der Waals surface area contributed by atoms with Gasteiger partial charge in [-0.15, -0.1) is 6.58 Å². The van der Waals surface area contributed by atoms with Crippen molar-refractivity contribution in [3.8, 4) is 0 Å². The maximum absolute atomic E-state index is 11.8. The molecule has 0 N–H and O–H groups in total. The van der Waals surface area contributed by atoms with Crippen LogP contribution in [0.1, 0.15) is 23.7 Å². The molecule has 1 aromatic rings. The summed E-state index contributed by atoms with van der Waals surface area (Å²) >= 11 is 0. The normalized spacial score (nSPS) is 10.2.